The zero-order valence-corrected chi connectivity index (χ0v) is 7.41. The molecule has 1 heterocycles. The first-order valence-corrected chi connectivity index (χ1v) is 4.19. The van der Waals surface area contributed by atoms with Crippen LogP contribution in [0.2, 0.25) is 0 Å². The van der Waals surface area contributed by atoms with Gasteiger partial charge in [-0.15, -0.1) is 0 Å². The summed E-state index contributed by atoms with van der Waals surface area (Å²) in [6, 6.07) is -0.508. The molecule has 0 bridgehead atoms. The summed E-state index contributed by atoms with van der Waals surface area (Å²) in [6.45, 7) is 1.71. The number of nitrogens with one attached hydrogen (secondary N) is 1. The Kier molecular flexibility index (Phi) is 2.68. The Morgan fingerprint density at radius 1 is 1.54 bits per heavy atom. The predicted octanol–water partition coefficient (Wildman–Crippen LogP) is -0.857. The molecule has 1 aliphatic heterocycles. The van der Waals surface area contributed by atoms with Crippen molar-refractivity contribution in [1.29, 1.82) is 0 Å². The summed E-state index contributed by atoms with van der Waals surface area (Å²) in [6.07, 6.45) is 1.44. The lowest BCUT2D eigenvalue weighted by atomic mass is 9.94. The van der Waals surface area contributed by atoms with Crippen molar-refractivity contribution in [1.82, 2.24) is 5.32 Å². The lowest BCUT2D eigenvalue weighted by Crippen LogP contribution is -2.51. The summed E-state index contributed by atoms with van der Waals surface area (Å²) in [5, 5.41) is 20.7. The monoisotopic (exact) mass is 187 g/mol. The van der Waals surface area contributed by atoms with E-state index in [1.54, 1.807) is 0 Å². The van der Waals surface area contributed by atoms with Crippen LogP contribution in [0, 0.1) is 0 Å². The fourth-order valence-electron chi connectivity index (χ4n) is 1.35. The van der Waals surface area contributed by atoms with Crippen LogP contribution >= 0.6 is 0 Å². The first kappa shape index (κ1) is 10.1. The van der Waals surface area contributed by atoms with Gasteiger partial charge in [0, 0.05) is 0 Å². The molecule has 1 saturated heterocycles. The zero-order chi connectivity index (χ0) is 10.1. The number of hydrogen-bond acceptors (Lipinski definition) is 4. The van der Waals surface area contributed by atoms with Gasteiger partial charge in [-0.3, -0.25) is 4.79 Å². The summed E-state index contributed by atoms with van der Waals surface area (Å²) < 4.78 is 0. The van der Waals surface area contributed by atoms with Gasteiger partial charge in [0.05, 0.1) is 6.04 Å². The molecule has 0 spiro atoms. The molecule has 5 heteroatoms. The molecular formula is C8H13NO4. The van der Waals surface area contributed by atoms with Crippen molar-refractivity contribution in [3.63, 3.8) is 0 Å². The van der Waals surface area contributed by atoms with E-state index < -0.39 is 23.4 Å². The normalized spacial score (nSPS) is 26.8. The van der Waals surface area contributed by atoms with Crippen molar-refractivity contribution >= 4 is 11.8 Å². The van der Waals surface area contributed by atoms with E-state index in [0.717, 1.165) is 13.3 Å². The Morgan fingerprint density at radius 3 is 2.54 bits per heavy atom. The highest BCUT2D eigenvalue weighted by atomic mass is 16.4. The zero-order valence-electron chi connectivity index (χ0n) is 7.41. The molecule has 0 amide bonds. The molecule has 1 unspecified atom stereocenters. The molecule has 13 heavy (non-hydrogen) atoms. The number of carbonyl (C=O) groups excluding carboxylic acids is 1. The number of aliphatic carboxylic acids is 1. The average molecular weight is 187 g/mol. The van der Waals surface area contributed by atoms with Gasteiger partial charge in [-0.25, -0.2) is 4.79 Å². The van der Waals surface area contributed by atoms with Crippen molar-refractivity contribution < 1.29 is 19.8 Å². The minimum Gasteiger partial charge on any atom is -0.479 e. The number of rotatable bonds is 3. The average Bonchev–Trinajstić information content (AvgIpc) is 2.54. The quantitative estimate of drug-likeness (QED) is 0.501. The lowest BCUT2D eigenvalue weighted by molar-refractivity contribution is -0.163. The third kappa shape index (κ3) is 1.87. The standard InChI is InChI=1S/C8H13NO4/c1-8(13,7(11)12)6(10)5-3-2-4-9-5/h5,9,13H,2-4H2,1H3,(H,11,12)/t5-,8?/m1/s1. The van der Waals surface area contributed by atoms with E-state index in [0.29, 0.717) is 13.0 Å². The van der Waals surface area contributed by atoms with Crippen LogP contribution in [0.1, 0.15) is 19.8 Å². The highest BCUT2D eigenvalue weighted by Gasteiger charge is 2.43. The number of carboxylic acids is 1. The fourth-order valence-corrected chi connectivity index (χ4v) is 1.35. The molecule has 1 fully saturated rings. The Bertz CT molecular complexity index is 230. The second kappa shape index (κ2) is 3.43. The molecular weight excluding hydrogens is 174 g/mol. The molecule has 0 aliphatic carbocycles. The van der Waals surface area contributed by atoms with Gasteiger partial charge in [0.25, 0.3) is 0 Å². The lowest BCUT2D eigenvalue weighted by Gasteiger charge is -2.20. The molecule has 0 radical (unpaired) electrons. The minimum absolute atomic E-state index is 0.508. The van der Waals surface area contributed by atoms with Gasteiger partial charge in [-0.2, -0.15) is 0 Å². The van der Waals surface area contributed by atoms with Crippen molar-refractivity contribution in [2.45, 2.75) is 31.4 Å². The molecule has 0 saturated carbocycles. The molecule has 0 aromatic rings. The molecule has 5 nitrogen and oxygen atoms in total. The topological polar surface area (TPSA) is 86.6 Å². The van der Waals surface area contributed by atoms with Gasteiger partial charge in [0.1, 0.15) is 0 Å². The number of ketones is 1. The molecule has 2 atom stereocenters. The van der Waals surface area contributed by atoms with E-state index in [1.807, 2.05) is 0 Å². The third-order valence-electron chi connectivity index (χ3n) is 2.27. The Balaban J connectivity index is 2.70. The van der Waals surface area contributed by atoms with Gasteiger partial charge >= 0.3 is 5.97 Å². The molecule has 74 valence electrons. The highest BCUT2D eigenvalue weighted by Crippen LogP contribution is 2.14. The van der Waals surface area contributed by atoms with Crippen LogP contribution in [0.5, 0.6) is 0 Å². The molecule has 1 aliphatic rings. The largest absolute Gasteiger partial charge is 0.479 e. The fraction of sp³-hybridized carbons (Fsp3) is 0.750. The number of carbonyl (C=O) groups is 2. The van der Waals surface area contributed by atoms with Crippen LogP contribution in [-0.4, -0.2) is 40.2 Å². The van der Waals surface area contributed by atoms with E-state index in [4.69, 9.17) is 5.11 Å². The van der Waals surface area contributed by atoms with E-state index in [2.05, 4.69) is 5.32 Å². The van der Waals surface area contributed by atoms with Gasteiger partial charge in [-0.05, 0) is 26.3 Å². The molecule has 0 aromatic carbocycles. The van der Waals surface area contributed by atoms with Crippen LogP contribution in [0.4, 0.5) is 0 Å². The van der Waals surface area contributed by atoms with E-state index >= 15 is 0 Å². The second-order valence-corrected chi connectivity index (χ2v) is 3.39. The number of carboxylic acid groups (broad SMARTS) is 1. The second-order valence-electron chi connectivity index (χ2n) is 3.39. The van der Waals surface area contributed by atoms with Gasteiger partial charge in [0.15, 0.2) is 5.78 Å². The molecule has 3 N–H and O–H groups in total. The molecule has 0 aromatic heterocycles. The molecule has 1 rings (SSSR count). The Hall–Kier alpha value is -0.940. The maximum absolute atomic E-state index is 11.4. The van der Waals surface area contributed by atoms with Gasteiger partial charge < -0.3 is 15.5 Å². The Morgan fingerprint density at radius 2 is 2.15 bits per heavy atom. The van der Waals surface area contributed by atoms with Crippen LogP contribution in [0.15, 0.2) is 0 Å². The van der Waals surface area contributed by atoms with Crippen LogP contribution in [0.25, 0.3) is 0 Å². The van der Waals surface area contributed by atoms with Crippen LogP contribution < -0.4 is 5.32 Å². The van der Waals surface area contributed by atoms with Gasteiger partial charge in [0.2, 0.25) is 5.60 Å². The SMILES string of the molecule is CC(O)(C(=O)O)C(=O)[C@H]1CCCN1. The first-order valence-electron chi connectivity index (χ1n) is 4.19. The summed E-state index contributed by atoms with van der Waals surface area (Å²) in [5.74, 6) is -2.15. The number of hydrogen-bond donors (Lipinski definition) is 3. The third-order valence-corrected chi connectivity index (χ3v) is 2.27. The summed E-state index contributed by atoms with van der Waals surface area (Å²) in [4.78, 5) is 21.9. The summed E-state index contributed by atoms with van der Waals surface area (Å²) >= 11 is 0. The Labute approximate surface area is 75.7 Å². The van der Waals surface area contributed by atoms with E-state index in [1.165, 1.54) is 0 Å². The highest BCUT2D eigenvalue weighted by molar-refractivity contribution is 6.08. The number of aliphatic hydroxyl groups is 1. The van der Waals surface area contributed by atoms with Crippen molar-refractivity contribution in [2.24, 2.45) is 0 Å². The smallest absolute Gasteiger partial charge is 0.343 e. The van der Waals surface area contributed by atoms with Crippen LogP contribution in [-0.2, 0) is 9.59 Å². The van der Waals surface area contributed by atoms with E-state index in [-0.39, 0.29) is 0 Å². The van der Waals surface area contributed by atoms with Crippen molar-refractivity contribution in [2.75, 3.05) is 6.54 Å². The van der Waals surface area contributed by atoms with Crippen LogP contribution in [0.3, 0.4) is 0 Å². The summed E-state index contributed by atoms with van der Waals surface area (Å²) in [5.41, 5.74) is -2.26. The van der Waals surface area contributed by atoms with E-state index in [9.17, 15) is 14.7 Å². The van der Waals surface area contributed by atoms with Crippen molar-refractivity contribution in [3.8, 4) is 0 Å². The van der Waals surface area contributed by atoms with Crippen molar-refractivity contribution in [3.05, 3.63) is 0 Å². The predicted molar refractivity (Wildman–Crippen MR) is 44.3 cm³/mol. The maximum atomic E-state index is 11.4. The maximum Gasteiger partial charge on any atom is 0.343 e. The van der Waals surface area contributed by atoms with Gasteiger partial charge in [-0.1, -0.05) is 0 Å². The minimum atomic E-state index is -2.26. The summed E-state index contributed by atoms with van der Waals surface area (Å²) in [7, 11) is 0. The number of Topliss-reactive ketones (excluding diaryl/α,β-unsaturated/α-hetero) is 1. The first-order chi connectivity index (χ1) is 5.96.